The van der Waals surface area contributed by atoms with Gasteiger partial charge < -0.3 is 18.9 Å². The first kappa shape index (κ1) is 24.3. The number of aromatic nitrogens is 4. The molecule has 2 aromatic heterocycles. The topological polar surface area (TPSA) is 80.0 Å². The molecule has 9 heteroatoms. The maximum absolute atomic E-state index is 6.48. The van der Waals surface area contributed by atoms with Gasteiger partial charge in [0.15, 0.2) is 10.8 Å². The predicted molar refractivity (Wildman–Crippen MR) is 118 cm³/mol. The van der Waals surface area contributed by atoms with Crippen LogP contribution in [0, 0.1) is 0 Å². The van der Waals surface area contributed by atoms with E-state index in [1.807, 2.05) is 0 Å². The Labute approximate surface area is 189 Å². The molecular weight excluding hydrogens is 420 g/mol. The van der Waals surface area contributed by atoms with E-state index in [1.54, 1.807) is 10.7 Å². The Morgan fingerprint density at radius 1 is 0.968 bits per heavy atom. The molecule has 174 valence electrons. The molecule has 0 saturated carbocycles. The predicted octanol–water partition coefficient (Wildman–Crippen LogP) is 4.40. The van der Waals surface area contributed by atoms with Crippen LogP contribution in [0.15, 0.2) is 12.5 Å². The second-order valence-corrected chi connectivity index (χ2v) is 8.23. The molecule has 31 heavy (non-hydrogen) atoms. The molecule has 1 saturated heterocycles. The van der Waals surface area contributed by atoms with E-state index in [4.69, 9.17) is 30.5 Å². The summed E-state index contributed by atoms with van der Waals surface area (Å²) >= 11 is 6.20. The Hall–Kier alpha value is -1.32. The molecule has 1 aliphatic rings. The zero-order valence-electron chi connectivity index (χ0n) is 18.8. The summed E-state index contributed by atoms with van der Waals surface area (Å²) in [4.78, 5) is 8.42. The minimum absolute atomic E-state index is 0.224. The molecular formula is C22H35ClN4O4. The van der Waals surface area contributed by atoms with Crippen molar-refractivity contribution in [3.63, 3.8) is 0 Å². The number of rotatable bonds is 14. The summed E-state index contributed by atoms with van der Waals surface area (Å²) in [6.45, 7) is 8.93. The van der Waals surface area contributed by atoms with Crippen molar-refractivity contribution in [3.05, 3.63) is 23.4 Å². The van der Waals surface area contributed by atoms with Crippen LogP contribution in [0.4, 0.5) is 0 Å². The third kappa shape index (κ3) is 6.14. The fraction of sp³-hybridized carbons (Fsp3) is 0.773. The SMILES string of the molecule is CCCCOC[C@H]1O[C@@H](c2cnc3c(Cl)ncnn23)[C@H](OCCCC)[C@@H]1OCCCC. The van der Waals surface area contributed by atoms with Gasteiger partial charge in [-0.05, 0) is 19.3 Å². The molecule has 0 radical (unpaired) electrons. The first-order chi connectivity index (χ1) is 15.2. The average molecular weight is 455 g/mol. The molecule has 0 bridgehead atoms. The second kappa shape index (κ2) is 12.6. The standard InChI is InChI=1S/C22H35ClN4O4/c1-4-7-10-28-14-17-19(29-11-8-5-2)20(30-12-9-6-3)18(31-17)16-13-24-22-21(23)25-15-26-27(16)22/h13,15,17-20H,4-12,14H2,1-3H3/t17-,18+,19-,20+/m1/s1. The number of nitrogens with zero attached hydrogens (tertiary/aromatic N) is 4. The zero-order valence-corrected chi connectivity index (χ0v) is 19.6. The van der Waals surface area contributed by atoms with E-state index in [2.05, 4.69) is 35.8 Å². The highest BCUT2D eigenvalue weighted by molar-refractivity contribution is 6.32. The van der Waals surface area contributed by atoms with E-state index in [0.29, 0.717) is 37.2 Å². The minimum atomic E-state index is -0.385. The van der Waals surface area contributed by atoms with Crippen LogP contribution < -0.4 is 0 Å². The lowest BCUT2D eigenvalue weighted by Gasteiger charge is -2.25. The Bertz CT molecular complexity index is 790. The Balaban J connectivity index is 1.85. The van der Waals surface area contributed by atoms with Crippen LogP contribution in [-0.4, -0.2) is 64.3 Å². The van der Waals surface area contributed by atoms with Crippen LogP contribution >= 0.6 is 11.6 Å². The number of imidazole rings is 1. The quantitative estimate of drug-likeness (QED) is 0.391. The van der Waals surface area contributed by atoms with Gasteiger partial charge in [0.25, 0.3) is 0 Å². The Morgan fingerprint density at radius 2 is 1.65 bits per heavy atom. The Kier molecular flexibility index (Phi) is 9.93. The maximum Gasteiger partial charge on any atom is 0.191 e. The van der Waals surface area contributed by atoms with E-state index in [9.17, 15) is 0 Å². The molecule has 3 rings (SSSR count). The van der Waals surface area contributed by atoms with E-state index >= 15 is 0 Å². The third-order valence-corrected chi connectivity index (χ3v) is 5.70. The van der Waals surface area contributed by atoms with Crippen LogP contribution in [0.2, 0.25) is 5.15 Å². The summed E-state index contributed by atoms with van der Waals surface area (Å²) in [5, 5.41) is 4.64. The van der Waals surface area contributed by atoms with Crippen molar-refractivity contribution >= 4 is 17.2 Å². The lowest BCUT2D eigenvalue weighted by molar-refractivity contribution is -0.0795. The summed E-state index contributed by atoms with van der Waals surface area (Å²) in [7, 11) is 0. The van der Waals surface area contributed by atoms with E-state index in [1.165, 1.54) is 6.33 Å². The van der Waals surface area contributed by atoms with Gasteiger partial charge in [0, 0.05) is 19.8 Å². The number of fused-ring (bicyclic) bond motifs is 1. The summed E-state index contributed by atoms with van der Waals surface area (Å²) in [5.74, 6) is 0. The van der Waals surface area contributed by atoms with Gasteiger partial charge in [0.05, 0.1) is 18.5 Å². The van der Waals surface area contributed by atoms with Crippen molar-refractivity contribution in [2.24, 2.45) is 0 Å². The van der Waals surface area contributed by atoms with Crippen molar-refractivity contribution in [1.29, 1.82) is 0 Å². The highest BCUT2D eigenvalue weighted by Gasteiger charge is 2.48. The maximum atomic E-state index is 6.48. The lowest BCUT2D eigenvalue weighted by Crippen LogP contribution is -2.38. The number of unbranched alkanes of at least 4 members (excludes halogenated alkanes) is 3. The van der Waals surface area contributed by atoms with Crippen molar-refractivity contribution in [3.8, 4) is 0 Å². The molecule has 0 unspecified atom stereocenters. The van der Waals surface area contributed by atoms with Gasteiger partial charge in [0.1, 0.15) is 30.7 Å². The number of hydrogen-bond acceptors (Lipinski definition) is 7. The molecule has 0 aliphatic carbocycles. The number of ether oxygens (including phenoxy) is 4. The largest absolute Gasteiger partial charge is 0.379 e. The molecule has 0 amide bonds. The van der Waals surface area contributed by atoms with Gasteiger partial charge in [0.2, 0.25) is 0 Å². The van der Waals surface area contributed by atoms with Crippen LogP contribution in [0.3, 0.4) is 0 Å². The molecule has 4 atom stereocenters. The van der Waals surface area contributed by atoms with Crippen molar-refractivity contribution in [1.82, 2.24) is 19.6 Å². The van der Waals surface area contributed by atoms with E-state index in [-0.39, 0.29) is 24.4 Å². The lowest BCUT2D eigenvalue weighted by atomic mass is 10.1. The normalized spacial score (nSPS) is 23.7. The minimum Gasteiger partial charge on any atom is -0.379 e. The van der Waals surface area contributed by atoms with Crippen LogP contribution in [-0.2, 0) is 18.9 Å². The number of halogens is 1. The van der Waals surface area contributed by atoms with Crippen LogP contribution in [0.5, 0.6) is 0 Å². The molecule has 2 aromatic rings. The summed E-state index contributed by atoms with van der Waals surface area (Å²) < 4.78 is 26.7. The van der Waals surface area contributed by atoms with Crippen LogP contribution in [0.25, 0.3) is 5.65 Å². The molecule has 0 aromatic carbocycles. The van der Waals surface area contributed by atoms with Crippen molar-refractivity contribution in [2.45, 2.75) is 83.7 Å². The average Bonchev–Trinajstić information content (AvgIpc) is 3.34. The first-order valence-electron chi connectivity index (χ1n) is 11.5. The van der Waals surface area contributed by atoms with Gasteiger partial charge in [-0.1, -0.05) is 51.6 Å². The van der Waals surface area contributed by atoms with Gasteiger partial charge in [-0.3, -0.25) is 0 Å². The second-order valence-electron chi connectivity index (χ2n) is 7.87. The van der Waals surface area contributed by atoms with Gasteiger partial charge in [-0.25, -0.2) is 14.5 Å². The van der Waals surface area contributed by atoms with Gasteiger partial charge in [-0.15, -0.1) is 0 Å². The smallest absolute Gasteiger partial charge is 0.191 e. The van der Waals surface area contributed by atoms with Crippen LogP contribution in [0.1, 0.15) is 71.1 Å². The summed E-state index contributed by atoms with van der Waals surface area (Å²) in [5.41, 5.74) is 1.28. The zero-order chi connectivity index (χ0) is 22.1. The fourth-order valence-electron chi connectivity index (χ4n) is 3.66. The van der Waals surface area contributed by atoms with Gasteiger partial charge >= 0.3 is 0 Å². The van der Waals surface area contributed by atoms with Gasteiger partial charge in [-0.2, -0.15) is 5.10 Å². The van der Waals surface area contributed by atoms with Crippen molar-refractivity contribution in [2.75, 3.05) is 26.4 Å². The monoisotopic (exact) mass is 454 g/mol. The van der Waals surface area contributed by atoms with E-state index in [0.717, 1.165) is 44.2 Å². The fourth-order valence-corrected chi connectivity index (χ4v) is 3.83. The molecule has 0 spiro atoms. The molecule has 1 aliphatic heterocycles. The summed E-state index contributed by atoms with van der Waals surface area (Å²) in [6.07, 6.45) is 8.25. The highest BCUT2D eigenvalue weighted by atomic mass is 35.5. The number of hydrogen-bond donors (Lipinski definition) is 0. The third-order valence-electron chi connectivity index (χ3n) is 5.43. The molecule has 8 nitrogen and oxygen atoms in total. The first-order valence-corrected chi connectivity index (χ1v) is 11.9. The Morgan fingerprint density at radius 3 is 2.35 bits per heavy atom. The molecule has 0 N–H and O–H groups in total. The summed E-state index contributed by atoms with van der Waals surface area (Å²) in [6, 6.07) is 0. The molecule has 3 heterocycles. The highest BCUT2D eigenvalue weighted by Crippen LogP contribution is 2.38. The van der Waals surface area contributed by atoms with Crippen molar-refractivity contribution < 1.29 is 18.9 Å². The molecule has 1 fully saturated rings. The van der Waals surface area contributed by atoms with E-state index < -0.39 is 0 Å².